The number of rotatable bonds is 1. The summed E-state index contributed by atoms with van der Waals surface area (Å²) in [7, 11) is 0. The van der Waals surface area contributed by atoms with Crippen molar-refractivity contribution < 1.29 is 5.11 Å². The van der Waals surface area contributed by atoms with Crippen LogP contribution in [0.3, 0.4) is 0 Å². The fraction of sp³-hybridized carbons (Fsp3) is 0. The van der Waals surface area contributed by atoms with Crippen LogP contribution in [0.1, 0.15) is 5.56 Å². The molecule has 2 aromatic heterocycles. The molecule has 7 heteroatoms. The van der Waals surface area contributed by atoms with Crippen molar-refractivity contribution in [2.45, 2.75) is 0 Å². The van der Waals surface area contributed by atoms with Gasteiger partial charge >= 0.3 is 0 Å². The Morgan fingerprint density at radius 1 is 1.32 bits per heavy atom. The van der Waals surface area contributed by atoms with Crippen LogP contribution in [-0.4, -0.2) is 25.3 Å². The van der Waals surface area contributed by atoms with Crippen LogP contribution in [0.2, 0.25) is 0 Å². The van der Waals surface area contributed by atoms with E-state index in [0.717, 1.165) is 0 Å². The monoisotopic (exact) mass is 252 g/mol. The predicted molar refractivity (Wildman–Crippen MR) is 67.9 cm³/mol. The van der Waals surface area contributed by atoms with Crippen LogP contribution < -0.4 is 5.73 Å². The number of aromatic amines is 1. The predicted octanol–water partition coefficient (Wildman–Crippen LogP) is 1.18. The third-order valence-electron chi connectivity index (χ3n) is 2.78. The van der Waals surface area contributed by atoms with E-state index in [4.69, 9.17) is 11.0 Å². The summed E-state index contributed by atoms with van der Waals surface area (Å²) in [6.45, 7) is 0. The molecule has 0 aliphatic heterocycles. The molecule has 0 saturated heterocycles. The molecule has 3 aromatic rings. The van der Waals surface area contributed by atoms with Crippen molar-refractivity contribution in [3.63, 3.8) is 0 Å². The van der Waals surface area contributed by atoms with Crippen molar-refractivity contribution in [1.29, 1.82) is 5.26 Å². The first-order valence-corrected chi connectivity index (χ1v) is 5.38. The summed E-state index contributed by atoms with van der Waals surface area (Å²) in [4.78, 5) is 7.94. The number of H-pyrrole nitrogens is 1. The molecular weight excluding hydrogens is 244 g/mol. The number of nitrogens with one attached hydrogen (secondary N) is 1. The lowest BCUT2D eigenvalue weighted by Gasteiger charge is -2.01. The zero-order valence-corrected chi connectivity index (χ0v) is 9.62. The number of phenols is 1. The maximum Gasteiger partial charge on any atom is 0.161 e. The number of hydrogen-bond donors (Lipinski definition) is 3. The Hall–Kier alpha value is -3.14. The van der Waals surface area contributed by atoms with Crippen molar-refractivity contribution in [3.8, 4) is 23.1 Å². The number of nitrogen functional groups attached to an aromatic ring is 1. The SMILES string of the molecule is N#Cc1cc(-c2n[nH]c3ncnc(N)c23)ccc1O. The summed E-state index contributed by atoms with van der Waals surface area (Å²) in [5, 5.41) is 25.9. The van der Waals surface area contributed by atoms with E-state index in [-0.39, 0.29) is 11.3 Å². The molecule has 1 aromatic carbocycles. The molecule has 2 heterocycles. The molecule has 0 spiro atoms. The average molecular weight is 252 g/mol. The third kappa shape index (κ3) is 1.63. The van der Waals surface area contributed by atoms with Gasteiger partial charge in [0.1, 0.15) is 29.7 Å². The summed E-state index contributed by atoms with van der Waals surface area (Å²) in [6, 6.07) is 6.54. The van der Waals surface area contributed by atoms with Gasteiger partial charge in [0, 0.05) is 5.56 Å². The van der Waals surface area contributed by atoms with Gasteiger partial charge in [0.15, 0.2) is 5.65 Å². The number of nitriles is 1. The number of anilines is 1. The Bertz CT molecular complexity index is 817. The van der Waals surface area contributed by atoms with E-state index in [0.29, 0.717) is 28.1 Å². The summed E-state index contributed by atoms with van der Waals surface area (Å²) in [6.07, 6.45) is 1.34. The molecule has 0 aliphatic rings. The number of aromatic nitrogens is 4. The Balaban J connectivity index is 2.28. The van der Waals surface area contributed by atoms with E-state index < -0.39 is 0 Å². The van der Waals surface area contributed by atoms with Gasteiger partial charge in [-0.25, -0.2) is 9.97 Å². The van der Waals surface area contributed by atoms with Gasteiger partial charge in [0.2, 0.25) is 0 Å². The van der Waals surface area contributed by atoms with Crippen LogP contribution in [0.25, 0.3) is 22.3 Å². The lowest BCUT2D eigenvalue weighted by Crippen LogP contribution is -1.92. The molecule has 0 fully saturated rings. The van der Waals surface area contributed by atoms with E-state index in [9.17, 15) is 5.11 Å². The molecule has 92 valence electrons. The highest BCUT2D eigenvalue weighted by Gasteiger charge is 2.14. The fourth-order valence-corrected chi connectivity index (χ4v) is 1.86. The van der Waals surface area contributed by atoms with Crippen LogP contribution in [0, 0.1) is 11.3 Å². The van der Waals surface area contributed by atoms with Gasteiger partial charge in [-0.2, -0.15) is 10.4 Å². The maximum absolute atomic E-state index is 9.50. The van der Waals surface area contributed by atoms with Crippen molar-refractivity contribution in [2.24, 2.45) is 0 Å². The van der Waals surface area contributed by atoms with Crippen molar-refractivity contribution in [1.82, 2.24) is 20.2 Å². The van der Waals surface area contributed by atoms with Crippen LogP contribution in [-0.2, 0) is 0 Å². The van der Waals surface area contributed by atoms with E-state index in [1.807, 2.05) is 6.07 Å². The molecule has 19 heavy (non-hydrogen) atoms. The van der Waals surface area contributed by atoms with E-state index in [2.05, 4.69) is 20.2 Å². The standard InChI is InChI=1S/C12H8N6O/c13-4-7-3-6(1-2-8(7)19)10-9-11(14)15-5-16-12(9)18-17-10/h1-3,5,19H,(H3,14,15,16,17,18). The molecule has 0 saturated carbocycles. The number of benzene rings is 1. The second-order valence-electron chi connectivity index (χ2n) is 3.90. The first kappa shape index (κ1) is 11.0. The molecule has 0 bridgehead atoms. The summed E-state index contributed by atoms with van der Waals surface area (Å²) in [5.74, 6) is 0.232. The Kier molecular flexibility index (Phi) is 2.29. The number of nitrogens with two attached hydrogens (primary N) is 1. The summed E-state index contributed by atoms with van der Waals surface area (Å²) in [5.41, 5.74) is 7.71. The minimum absolute atomic E-state index is 0.0738. The van der Waals surface area contributed by atoms with Gasteiger partial charge in [-0.3, -0.25) is 5.10 Å². The molecule has 3 rings (SSSR count). The van der Waals surface area contributed by atoms with Crippen LogP contribution >= 0.6 is 0 Å². The molecule has 0 aliphatic carbocycles. The highest BCUT2D eigenvalue weighted by Crippen LogP contribution is 2.30. The molecule has 0 radical (unpaired) electrons. The van der Waals surface area contributed by atoms with Gasteiger partial charge in [0.05, 0.1) is 10.9 Å². The zero-order chi connectivity index (χ0) is 13.4. The number of nitrogens with zero attached hydrogens (tertiary/aromatic N) is 4. The molecule has 0 atom stereocenters. The van der Waals surface area contributed by atoms with Gasteiger partial charge in [-0.1, -0.05) is 0 Å². The molecular formula is C12H8N6O. The summed E-state index contributed by atoms with van der Waals surface area (Å²) < 4.78 is 0. The van der Waals surface area contributed by atoms with E-state index in [1.54, 1.807) is 6.07 Å². The normalized spacial score (nSPS) is 10.5. The molecule has 4 N–H and O–H groups in total. The van der Waals surface area contributed by atoms with Crippen LogP contribution in [0.15, 0.2) is 24.5 Å². The molecule has 0 unspecified atom stereocenters. The van der Waals surface area contributed by atoms with Gasteiger partial charge in [-0.15, -0.1) is 0 Å². The Morgan fingerprint density at radius 2 is 2.16 bits per heavy atom. The number of fused-ring (bicyclic) bond motifs is 1. The summed E-state index contributed by atoms with van der Waals surface area (Å²) >= 11 is 0. The lowest BCUT2D eigenvalue weighted by molar-refractivity contribution is 0.473. The molecule has 0 amide bonds. The zero-order valence-electron chi connectivity index (χ0n) is 9.62. The Morgan fingerprint density at radius 3 is 2.95 bits per heavy atom. The number of aromatic hydroxyl groups is 1. The Labute approximate surface area is 107 Å². The second kappa shape index (κ2) is 3.96. The van der Waals surface area contributed by atoms with Crippen molar-refractivity contribution in [3.05, 3.63) is 30.1 Å². The minimum Gasteiger partial charge on any atom is -0.507 e. The second-order valence-corrected chi connectivity index (χ2v) is 3.90. The van der Waals surface area contributed by atoms with E-state index in [1.165, 1.54) is 18.5 Å². The molecule has 7 nitrogen and oxygen atoms in total. The van der Waals surface area contributed by atoms with E-state index >= 15 is 0 Å². The number of hydrogen-bond acceptors (Lipinski definition) is 6. The quantitative estimate of drug-likeness (QED) is 0.597. The topological polar surface area (TPSA) is 124 Å². The minimum atomic E-state index is -0.0738. The largest absolute Gasteiger partial charge is 0.507 e. The number of phenolic OH excluding ortho intramolecular Hbond substituents is 1. The van der Waals surface area contributed by atoms with Crippen LogP contribution in [0.5, 0.6) is 5.75 Å². The van der Waals surface area contributed by atoms with Gasteiger partial charge in [-0.05, 0) is 18.2 Å². The van der Waals surface area contributed by atoms with Crippen molar-refractivity contribution >= 4 is 16.9 Å². The smallest absolute Gasteiger partial charge is 0.161 e. The highest BCUT2D eigenvalue weighted by molar-refractivity contribution is 5.97. The first-order chi connectivity index (χ1) is 9.20. The van der Waals surface area contributed by atoms with Gasteiger partial charge in [0.25, 0.3) is 0 Å². The van der Waals surface area contributed by atoms with Crippen molar-refractivity contribution in [2.75, 3.05) is 5.73 Å². The average Bonchev–Trinajstić information content (AvgIpc) is 2.85. The first-order valence-electron chi connectivity index (χ1n) is 5.38. The fourth-order valence-electron chi connectivity index (χ4n) is 1.86. The third-order valence-corrected chi connectivity index (χ3v) is 2.78. The van der Waals surface area contributed by atoms with Crippen LogP contribution in [0.4, 0.5) is 5.82 Å². The highest BCUT2D eigenvalue weighted by atomic mass is 16.3. The lowest BCUT2D eigenvalue weighted by atomic mass is 10.1. The maximum atomic E-state index is 9.50. The van der Waals surface area contributed by atoms with Gasteiger partial charge < -0.3 is 10.8 Å².